The average Bonchev–Trinajstić information content (AvgIpc) is 2.74. The Morgan fingerprint density at radius 3 is 3.00 bits per heavy atom. The Hall–Kier alpha value is -1.18. The van der Waals surface area contributed by atoms with Gasteiger partial charge in [0.05, 0.1) is 28.9 Å². The molecule has 76 valence electrons. The highest BCUT2D eigenvalue weighted by molar-refractivity contribution is 8.14. The highest BCUT2D eigenvalue weighted by Gasteiger charge is 2.09. The van der Waals surface area contributed by atoms with Crippen LogP contribution in [0.4, 0.5) is 5.69 Å². The van der Waals surface area contributed by atoms with Gasteiger partial charge in [0.1, 0.15) is 0 Å². The number of nitrogens with one attached hydrogen (secondary N) is 1. The largest absolute Gasteiger partial charge is 0.334 e. The molecule has 1 aliphatic heterocycles. The minimum absolute atomic E-state index is 0.546. The van der Waals surface area contributed by atoms with Crippen LogP contribution in [-0.2, 0) is 0 Å². The van der Waals surface area contributed by atoms with Crippen LogP contribution >= 0.6 is 23.4 Å². The summed E-state index contributed by atoms with van der Waals surface area (Å²) in [5, 5.41) is 13.2. The zero-order chi connectivity index (χ0) is 10.7. The molecule has 0 fully saturated rings. The third-order valence-corrected chi connectivity index (χ3v) is 3.13. The Kier molecular flexibility index (Phi) is 3.14. The fourth-order valence-corrected chi connectivity index (χ4v) is 2.18. The molecule has 0 aliphatic carbocycles. The third-order valence-electron chi connectivity index (χ3n) is 1.93. The topological polar surface area (TPSA) is 48.2 Å². The van der Waals surface area contributed by atoms with Gasteiger partial charge in [0, 0.05) is 5.75 Å². The SMILES string of the molecule is N#Cc1ccc(NC2=NCCS2)c(Cl)c1. The first-order chi connectivity index (χ1) is 7.29. The number of aliphatic imine (C=N–C) groups is 1. The van der Waals surface area contributed by atoms with Gasteiger partial charge in [-0.2, -0.15) is 5.26 Å². The van der Waals surface area contributed by atoms with Crippen LogP contribution in [0, 0.1) is 11.3 Å². The quantitative estimate of drug-likeness (QED) is 0.817. The number of nitrogens with zero attached hydrogens (tertiary/aromatic N) is 2. The van der Waals surface area contributed by atoms with Gasteiger partial charge < -0.3 is 5.32 Å². The van der Waals surface area contributed by atoms with Gasteiger partial charge in [0.15, 0.2) is 5.17 Å². The Balaban J connectivity index is 2.19. The fourth-order valence-electron chi connectivity index (χ4n) is 1.21. The van der Waals surface area contributed by atoms with E-state index in [0.29, 0.717) is 10.6 Å². The van der Waals surface area contributed by atoms with Crippen LogP contribution in [0.15, 0.2) is 23.2 Å². The molecule has 0 saturated heterocycles. The minimum atomic E-state index is 0.546. The molecule has 5 heteroatoms. The summed E-state index contributed by atoms with van der Waals surface area (Å²) in [6.45, 7) is 0.848. The van der Waals surface area contributed by atoms with Crippen molar-refractivity contribution in [3.8, 4) is 6.07 Å². The molecule has 1 aromatic rings. The third kappa shape index (κ3) is 2.44. The van der Waals surface area contributed by atoms with E-state index >= 15 is 0 Å². The molecule has 3 nitrogen and oxygen atoms in total. The van der Waals surface area contributed by atoms with Crippen molar-refractivity contribution in [2.24, 2.45) is 4.99 Å². The van der Waals surface area contributed by atoms with Crippen molar-refractivity contribution < 1.29 is 0 Å². The molecule has 15 heavy (non-hydrogen) atoms. The Bertz CT molecular complexity index is 450. The van der Waals surface area contributed by atoms with Gasteiger partial charge in [-0.15, -0.1) is 0 Å². The first-order valence-electron chi connectivity index (χ1n) is 4.43. The van der Waals surface area contributed by atoms with Crippen LogP contribution in [-0.4, -0.2) is 17.5 Å². The summed E-state index contributed by atoms with van der Waals surface area (Å²) in [7, 11) is 0. The number of halogens is 1. The van der Waals surface area contributed by atoms with Gasteiger partial charge in [0.25, 0.3) is 0 Å². The molecule has 0 bridgehead atoms. The minimum Gasteiger partial charge on any atom is -0.334 e. The highest BCUT2D eigenvalue weighted by Crippen LogP contribution is 2.25. The first kappa shape index (κ1) is 10.3. The smallest absolute Gasteiger partial charge is 0.161 e. The Labute approximate surface area is 97.1 Å². The van der Waals surface area contributed by atoms with E-state index in [9.17, 15) is 0 Å². The van der Waals surface area contributed by atoms with Crippen molar-refractivity contribution in [2.75, 3.05) is 17.6 Å². The molecular weight excluding hydrogens is 230 g/mol. The van der Waals surface area contributed by atoms with E-state index in [-0.39, 0.29) is 0 Å². The number of thioether (sulfide) groups is 1. The van der Waals surface area contributed by atoms with Crippen LogP contribution in [0.3, 0.4) is 0 Å². The summed E-state index contributed by atoms with van der Waals surface area (Å²) in [4.78, 5) is 4.26. The fraction of sp³-hybridized carbons (Fsp3) is 0.200. The zero-order valence-electron chi connectivity index (χ0n) is 7.83. The molecular formula is C10H8ClN3S. The standard InChI is InChI=1S/C10H8ClN3S/c11-8-5-7(6-12)1-2-9(8)14-10-13-3-4-15-10/h1-2,5H,3-4H2,(H,13,14). The maximum atomic E-state index is 8.68. The second-order valence-electron chi connectivity index (χ2n) is 2.97. The van der Waals surface area contributed by atoms with Crippen molar-refractivity contribution in [1.29, 1.82) is 5.26 Å². The number of rotatable bonds is 1. The molecule has 1 N–H and O–H groups in total. The predicted octanol–water partition coefficient (Wildman–Crippen LogP) is 2.73. The lowest BCUT2D eigenvalue weighted by Gasteiger charge is -2.06. The lowest BCUT2D eigenvalue weighted by atomic mass is 10.2. The molecule has 0 amide bonds. The molecule has 1 heterocycles. The van der Waals surface area contributed by atoms with Gasteiger partial charge in [-0.25, -0.2) is 0 Å². The van der Waals surface area contributed by atoms with Crippen LogP contribution in [0.25, 0.3) is 0 Å². The number of benzene rings is 1. The number of hydrogen-bond donors (Lipinski definition) is 1. The number of amidine groups is 1. The summed E-state index contributed by atoms with van der Waals surface area (Å²) in [5.41, 5.74) is 1.36. The zero-order valence-corrected chi connectivity index (χ0v) is 9.40. The van der Waals surface area contributed by atoms with Crippen LogP contribution < -0.4 is 5.32 Å². The van der Waals surface area contributed by atoms with Crippen LogP contribution in [0.2, 0.25) is 5.02 Å². The van der Waals surface area contributed by atoms with Crippen molar-refractivity contribution in [2.45, 2.75) is 0 Å². The molecule has 1 aromatic carbocycles. The number of hydrogen-bond acceptors (Lipinski definition) is 4. The van der Waals surface area contributed by atoms with E-state index in [0.717, 1.165) is 23.2 Å². The number of nitriles is 1. The summed E-state index contributed by atoms with van der Waals surface area (Å²) < 4.78 is 0. The molecule has 2 rings (SSSR count). The van der Waals surface area contributed by atoms with Gasteiger partial charge in [-0.1, -0.05) is 23.4 Å². The maximum absolute atomic E-state index is 8.68. The van der Waals surface area contributed by atoms with E-state index in [1.165, 1.54) is 0 Å². The van der Waals surface area contributed by atoms with Gasteiger partial charge in [0.2, 0.25) is 0 Å². The van der Waals surface area contributed by atoms with E-state index in [1.807, 2.05) is 6.07 Å². The van der Waals surface area contributed by atoms with E-state index in [4.69, 9.17) is 16.9 Å². The lowest BCUT2D eigenvalue weighted by Crippen LogP contribution is -2.05. The molecule has 0 spiro atoms. The summed E-state index contributed by atoms with van der Waals surface area (Å²) in [6, 6.07) is 7.21. The van der Waals surface area contributed by atoms with Gasteiger partial charge in [-0.05, 0) is 18.2 Å². The molecule has 0 atom stereocenters. The molecule has 0 unspecified atom stereocenters. The van der Waals surface area contributed by atoms with E-state index < -0.39 is 0 Å². The van der Waals surface area contributed by atoms with Crippen molar-refractivity contribution >= 4 is 34.2 Å². The van der Waals surface area contributed by atoms with Gasteiger partial charge in [-0.3, -0.25) is 4.99 Å². The normalized spacial score (nSPS) is 14.5. The second-order valence-corrected chi connectivity index (χ2v) is 4.46. The summed E-state index contributed by atoms with van der Waals surface area (Å²) >= 11 is 7.68. The molecule has 1 aliphatic rings. The summed E-state index contributed by atoms with van der Waals surface area (Å²) in [6.07, 6.45) is 0. The van der Waals surface area contributed by atoms with Crippen LogP contribution in [0.1, 0.15) is 5.56 Å². The van der Waals surface area contributed by atoms with Gasteiger partial charge >= 0.3 is 0 Å². The van der Waals surface area contributed by atoms with E-state index in [2.05, 4.69) is 10.3 Å². The average molecular weight is 238 g/mol. The number of anilines is 1. The van der Waals surface area contributed by atoms with Crippen molar-refractivity contribution in [1.82, 2.24) is 0 Å². The molecule has 0 saturated carbocycles. The second kappa shape index (κ2) is 4.56. The predicted molar refractivity (Wildman–Crippen MR) is 64.5 cm³/mol. The van der Waals surface area contributed by atoms with Crippen molar-refractivity contribution in [3.05, 3.63) is 28.8 Å². The first-order valence-corrected chi connectivity index (χ1v) is 5.80. The summed E-state index contributed by atoms with van der Waals surface area (Å²) in [5.74, 6) is 1.01. The molecule has 0 aromatic heterocycles. The lowest BCUT2D eigenvalue weighted by molar-refractivity contribution is 1.17. The van der Waals surface area contributed by atoms with E-state index in [1.54, 1.807) is 30.0 Å². The van der Waals surface area contributed by atoms with Crippen LogP contribution in [0.5, 0.6) is 0 Å². The monoisotopic (exact) mass is 237 g/mol. The highest BCUT2D eigenvalue weighted by atomic mass is 35.5. The Morgan fingerprint density at radius 1 is 1.53 bits per heavy atom. The molecule has 0 radical (unpaired) electrons. The maximum Gasteiger partial charge on any atom is 0.161 e. The van der Waals surface area contributed by atoms with Crippen molar-refractivity contribution in [3.63, 3.8) is 0 Å². The Morgan fingerprint density at radius 2 is 2.40 bits per heavy atom.